The van der Waals surface area contributed by atoms with E-state index in [1.165, 1.54) is 6.20 Å². The van der Waals surface area contributed by atoms with Crippen LogP contribution in [0.25, 0.3) is 0 Å². The molecule has 2 rings (SSSR count). The lowest BCUT2D eigenvalue weighted by Gasteiger charge is -2.04. The molecule has 0 amide bonds. The summed E-state index contributed by atoms with van der Waals surface area (Å²) in [5, 5.41) is 0. The zero-order valence-electron chi connectivity index (χ0n) is 10.4. The van der Waals surface area contributed by atoms with E-state index >= 15 is 0 Å². The third kappa shape index (κ3) is 4.57. The van der Waals surface area contributed by atoms with Gasteiger partial charge in [-0.05, 0) is 18.6 Å². The van der Waals surface area contributed by atoms with Crippen LogP contribution in [0.2, 0.25) is 4.47 Å². The minimum Gasteiger partial charge on any atom is -0.467 e. The van der Waals surface area contributed by atoms with Crippen molar-refractivity contribution >= 4 is 33.0 Å². The van der Waals surface area contributed by atoms with Crippen molar-refractivity contribution in [1.29, 1.82) is 0 Å². The van der Waals surface area contributed by atoms with Crippen LogP contribution < -0.4 is 4.72 Å². The minimum absolute atomic E-state index is 0.110. The molecule has 6 nitrogen and oxygen atoms in total. The Morgan fingerprint density at radius 1 is 1.50 bits per heavy atom. The molecule has 0 saturated heterocycles. The molecule has 2 heterocycles. The number of halogens is 1. The molecule has 2 aromatic heterocycles. The number of hydrogen-bond donors (Lipinski definition) is 1. The number of sulfonamides is 1. The van der Waals surface area contributed by atoms with Crippen LogP contribution in [0.5, 0.6) is 0 Å². The van der Waals surface area contributed by atoms with E-state index in [4.69, 9.17) is 20.8 Å². The molecule has 2 aromatic rings. The van der Waals surface area contributed by atoms with Gasteiger partial charge in [0.15, 0.2) is 8.68 Å². The van der Waals surface area contributed by atoms with Gasteiger partial charge in [0.2, 0.25) is 0 Å². The molecule has 0 fully saturated rings. The van der Waals surface area contributed by atoms with Gasteiger partial charge in [-0.1, -0.05) is 22.9 Å². The van der Waals surface area contributed by atoms with E-state index in [2.05, 4.69) is 9.71 Å². The highest BCUT2D eigenvalue weighted by atomic mass is 35.5. The number of hydrogen-bond acceptors (Lipinski definition) is 6. The summed E-state index contributed by atoms with van der Waals surface area (Å²) >= 11 is 6.53. The van der Waals surface area contributed by atoms with Crippen LogP contribution in [-0.2, 0) is 21.4 Å². The molecule has 0 aliphatic heterocycles. The normalized spacial score (nSPS) is 11.8. The van der Waals surface area contributed by atoms with E-state index in [1.54, 1.807) is 12.3 Å². The quantitative estimate of drug-likeness (QED) is 0.748. The van der Waals surface area contributed by atoms with Crippen LogP contribution >= 0.6 is 22.9 Å². The molecule has 0 saturated carbocycles. The molecule has 0 radical (unpaired) electrons. The summed E-state index contributed by atoms with van der Waals surface area (Å²) in [6.07, 6.45) is 3.38. The molecular formula is C11H13ClN2O4S2. The van der Waals surface area contributed by atoms with Gasteiger partial charge in [-0.15, -0.1) is 0 Å². The second-order valence-corrected chi connectivity index (χ2v) is 7.42. The van der Waals surface area contributed by atoms with Gasteiger partial charge in [-0.25, -0.2) is 18.1 Å². The van der Waals surface area contributed by atoms with Gasteiger partial charge in [0, 0.05) is 13.2 Å². The number of nitrogens with zero attached hydrogens (tertiary/aromatic N) is 1. The second kappa shape index (κ2) is 7.19. The van der Waals surface area contributed by atoms with Gasteiger partial charge in [0.1, 0.15) is 12.4 Å². The Morgan fingerprint density at radius 2 is 2.35 bits per heavy atom. The Balaban J connectivity index is 1.65. The van der Waals surface area contributed by atoms with Crippen molar-refractivity contribution in [2.75, 3.05) is 13.2 Å². The topological polar surface area (TPSA) is 81.4 Å². The average Bonchev–Trinajstić information content (AvgIpc) is 3.05. The molecule has 0 spiro atoms. The van der Waals surface area contributed by atoms with E-state index in [0.717, 1.165) is 17.1 Å². The fourth-order valence-electron chi connectivity index (χ4n) is 1.38. The fraction of sp³-hybridized carbons (Fsp3) is 0.364. The van der Waals surface area contributed by atoms with Crippen LogP contribution in [0.15, 0.2) is 33.2 Å². The zero-order chi connectivity index (χ0) is 14.4. The molecule has 110 valence electrons. The van der Waals surface area contributed by atoms with Crippen molar-refractivity contribution in [2.24, 2.45) is 0 Å². The Bertz CT molecular complexity index is 625. The number of rotatable bonds is 8. The van der Waals surface area contributed by atoms with Gasteiger partial charge in [-0.2, -0.15) is 0 Å². The van der Waals surface area contributed by atoms with Gasteiger partial charge >= 0.3 is 0 Å². The van der Waals surface area contributed by atoms with E-state index in [-0.39, 0.29) is 15.2 Å². The van der Waals surface area contributed by atoms with E-state index in [9.17, 15) is 8.42 Å². The molecule has 9 heteroatoms. The Labute approximate surface area is 125 Å². The Kier molecular flexibility index (Phi) is 5.55. The SMILES string of the molecule is O=S(=O)(NCCCOCc1ccco1)c1cnc(Cl)s1. The highest BCUT2D eigenvalue weighted by Gasteiger charge is 2.16. The standard InChI is InChI=1S/C11H13ClN2O4S2/c12-11-13-7-10(19-11)20(15,16)14-4-2-5-17-8-9-3-1-6-18-9/h1,3,6-7,14H,2,4-5,8H2. The van der Waals surface area contributed by atoms with Crippen molar-refractivity contribution in [3.8, 4) is 0 Å². The van der Waals surface area contributed by atoms with Crippen LogP contribution in [0.1, 0.15) is 12.2 Å². The van der Waals surface area contributed by atoms with E-state index in [0.29, 0.717) is 19.6 Å². The van der Waals surface area contributed by atoms with Crippen molar-refractivity contribution < 1.29 is 17.6 Å². The predicted molar refractivity (Wildman–Crippen MR) is 75.3 cm³/mol. The maximum Gasteiger partial charge on any atom is 0.251 e. The number of furan rings is 1. The maximum absolute atomic E-state index is 11.8. The first kappa shape index (κ1) is 15.5. The number of aromatic nitrogens is 1. The maximum atomic E-state index is 11.8. The van der Waals surface area contributed by atoms with Crippen molar-refractivity contribution in [3.63, 3.8) is 0 Å². The zero-order valence-corrected chi connectivity index (χ0v) is 12.8. The third-order valence-electron chi connectivity index (χ3n) is 2.30. The minimum atomic E-state index is -3.52. The summed E-state index contributed by atoms with van der Waals surface area (Å²) in [6, 6.07) is 3.60. The lowest BCUT2D eigenvalue weighted by atomic mass is 10.4. The Morgan fingerprint density at radius 3 is 3.00 bits per heavy atom. The summed E-state index contributed by atoms with van der Waals surface area (Å²) in [5.41, 5.74) is 0. The first-order valence-corrected chi connectivity index (χ1v) is 8.47. The van der Waals surface area contributed by atoms with E-state index in [1.807, 2.05) is 6.07 Å². The summed E-state index contributed by atoms with van der Waals surface area (Å²) in [7, 11) is -3.52. The highest BCUT2D eigenvalue weighted by Crippen LogP contribution is 2.21. The summed E-state index contributed by atoms with van der Waals surface area (Å²) < 4.78 is 36.8. The van der Waals surface area contributed by atoms with Gasteiger partial charge in [0.05, 0.1) is 12.5 Å². The third-order valence-corrected chi connectivity index (χ3v) is 5.34. The van der Waals surface area contributed by atoms with Crippen LogP contribution in [0, 0.1) is 0 Å². The first-order chi connectivity index (χ1) is 9.58. The van der Waals surface area contributed by atoms with Crippen molar-refractivity contribution in [2.45, 2.75) is 17.2 Å². The molecule has 0 unspecified atom stereocenters. The summed E-state index contributed by atoms with van der Waals surface area (Å²) in [5.74, 6) is 0.741. The van der Waals surface area contributed by atoms with Gasteiger partial charge in [0.25, 0.3) is 10.0 Å². The molecule has 0 bridgehead atoms. The largest absolute Gasteiger partial charge is 0.467 e. The molecule has 20 heavy (non-hydrogen) atoms. The van der Waals surface area contributed by atoms with Crippen molar-refractivity contribution in [3.05, 3.63) is 34.8 Å². The van der Waals surface area contributed by atoms with Gasteiger partial charge in [-0.3, -0.25) is 0 Å². The number of nitrogens with one attached hydrogen (secondary N) is 1. The fourth-order valence-corrected chi connectivity index (χ4v) is 3.79. The molecular weight excluding hydrogens is 324 g/mol. The number of ether oxygens (including phenoxy) is 1. The van der Waals surface area contributed by atoms with Crippen LogP contribution in [0.4, 0.5) is 0 Å². The molecule has 0 aliphatic rings. The van der Waals surface area contributed by atoms with Gasteiger partial charge < -0.3 is 9.15 Å². The lowest BCUT2D eigenvalue weighted by molar-refractivity contribution is 0.105. The number of thiazole rings is 1. The highest BCUT2D eigenvalue weighted by molar-refractivity contribution is 7.91. The predicted octanol–water partition coefficient (Wildman–Crippen LogP) is 2.27. The first-order valence-electron chi connectivity index (χ1n) is 5.79. The monoisotopic (exact) mass is 336 g/mol. The molecule has 1 N–H and O–H groups in total. The second-order valence-electron chi connectivity index (χ2n) is 3.82. The summed E-state index contributed by atoms with van der Waals surface area (Å²) in [4.78, 5) is 3.70. The Hall–Kier alpha value is -0.930. The average molecular weight is 337 g/mol. The molecule has 0 atom stereocenters. The van der Waals surface area contributed by atoms with E-state index < -0.39 is 10.0 Å². The molecule has 0 aliphatic carbocycles. The van der Waals surface area contributed by atoms with Crippen LogP contribution in [0.3, 0.4) is 0 Å². The summed E-state index contributed by atoms with van der Waals surface area (Å²) in [6.45, 7) is 1.10. The molecule has 0 aromatic carbocycles. The van der Waals surface area contributed by atoms with Crippen LogP contribution in [-0.4, -0.2) is 26.6 Å². The van der Waals surface area contributed by atoms with Crippen molar-refractivity contribution in [1.82, 2.24) is 9.71 Å². The smallest absolute Gasteiger partial charge is 0.251 e. The lowest BCUT2D eigenvalue weighted by Crippen LogP contribution is -2.24.